The lowest BCUT2D eigenvalue weighted by molar-refractivity contribution is 0.256. The van der Waals surface area contributed by atoms with Crippen LogP contribution in [0.15, 0.2) is 17.3 Å². The molecule has 0 aliphatic rings. The molecule has 0 saturated heterocycles. The molecule has 2 N–H and O–H groups in total. The Morgan fingerprint density at radius 1 is 1.43 bits per heavy atom. The lowest BCUT2D eigenvalue weighted by Crippen LogP contribution is -2.36. The van der Waals surface area contributed by atoms with Crippen molar-refractivity contribution in [3.05, 3.63) is 12.4 Å². The highest BCUT2D eigenvalue weighted by atomic mass is 32.2. The molecule has 0 saturated carbocycles. The third kappa shape index (κ3) is 5.74. The average Bonchev–Trinajstić information content (AvgIpc) is 2.93. The zero-order valence-corrected chi connectivity index (χ0v) is 14.2. The molecular formula is C13H27N5O2S. The first kappa shape index (κ1) is 18.1. The van der Waals surface area contributed by atoms with E-state index in [1.165, 1.54) is 6.20 Å². The molecule has 1 rings (SSSR count). The summed E-state index contributed by atoms with van der Waals surface area (Å²) in [5, 5.41) is 7.05. The number of rotatable bonds is 10. The fraction of sp³-hybridized carbons (Fsp3) is 0.769. The van der Waals surface area contributed by atoms with Crippen molar-refractivity contribution < 1.29 is 8.42 Å². The molecule has 0 aliphatic carbocycles. The average molecular weight is 317 g/mol. The van der Waals surface area contributed by atoms with Gasteiger partial charge in [0.05, 0.1) is 12.7 Å². The van der Waals surface area contributed by atoms with Crippen molar-refractivity contribution in [3.63, 3.8) is 0 Å². The van der Waals surface area contributed by atoms with Gasteiger partial charge in [0.25, 0.3) is 0 Å². The molecule has 122 valence electrons. The van der Waals surface area contributed by atoms with Gasteiger partial charge in [-0.1, -0.05) is 6.92 Å². The number of likely N-dealkylation sites (N-methyl/N-ethyl adjacent to an activating group) is 2. The van der Waals surface area contributed by atoms with E-state index in [4.69, 9.17) is 0 Å². The molecule has 0 aliphatic heterocycles. The quantitative estimate of drug-likeness (QED) is 0.640. The standard InChI is InChI=1S/C13H27N5O2S/c1-5-12(2)17(4)8-7-16-21(19,20)13-10-15-18(11-13)9-6-14-3/h10-12,14,16H,5-9H2,1-4H3. The number of hydrogen-bond donors (Lipinski definition) is 2. The van der Waals surface area contributed by atoms with Gasteiger partial charge in [-0.15, -0.1) is 0 Å². The molecule has 1 aromatic heterocycles. The van der Waals surface area contributed by atoms with E-state index >= 15 is 0 Å². The number of sulfonamides is 1. The minimum absolute atomic E-state index is 0.213. The van der Waals surface area contributed by atoms with Gasteiger partial charge in [-0.25, -0.2) is 13.1 Å². The molecule has 1 atom stereocenters. The van der Waals surface area contributed by atoms with Crippen molar-refractivity contribution in [3.8, 4) is 0 Å². The lowest BCUT2D eigenvalue weighted by atomic mass is 10.2. The molecule has 0 amide bonds. The van der Waals surface area contributed by atoms with Gasteiger partial charge in [0.1, 0.15) is 4.90 Å². The van der Waals surface area contributed by atoms with E-state index in [0.717, 1.165) is 13.0 Å². The molecule has 0 bridgehead atoms. The third-order valence-electron chi connectivity index (χ3n) is 3.61. The van der Waals surface area contributed by atoms with Gasteiger partial charge in [0, 0.05) is 31.9 Å². The van der Waals surface area contributed by atoms with Crippen molar-refractivity contribution in [1.29, 1.82) is 0 Å². The molecule has 7 nitrogen and oxygen atoms in total. The maximum absolute atomic E-state index is 12.1. The molecule has 0 spiro atoms. The minimum Gasteiger partial charge on any atom is -0.318 e. The smallest absolute Gasteiger partial charge is 0.243 e. The molecule has 1 aromatic rings. The van der Waals surface area contributed by atoms with E-state index in [2.05, 4.69) is 33.9 Å². The number of hydrogen-bond acceptors (Lipinski definition) is 5. The summed E-state index contributed by atoms with van der Waals surface area (Å²) in [5.41, 5.74) is 0. The van der Waals surface area contributed by atoms with Crippen LogP contribution in [-0.4, -0.2) is 62.9 Å². The molecule has 1 heterocycles. The van der Waals surface area contributed by atoms with E-state index in [0.29, 0.717) is 25.7 Å². The summed E-state index contributed by atoms with van der Waals surface area (Å²) < 4.78 is 28.5. The molecule has 21 heavy (non-hydrogen) atoms. The van der Waals surface area contributed by atoms with Crippen LogP contribution < -0.4 is 10.0 Å². The van der Waals surface area contributed by atoms with Gasteiger partial charge >= 0.3 is 0 Å². The molecule has 8 heteroatoms. The predicted molar refractivity (Wildman–Crippen MR) is 83.7 cm³/mol. The SMILES string of the molecule is CCC(C)N(C)CCNS(=O)(=O)c1cnn(CCNC)c1. The Hall–Kier alpha value is -0.960. The fourth-order valence-corrected chi connectivity index (χ4v) is 2.78. The molecule has 0 aromatic carbocycles. The van der Waals surface area contributed by atoms with Crippen molar-refractivity contribution in [2.45, 2.75) is 37.8 Å². The molecule has 1 unspecified atom stereocenters. The minimum atomic E-state index is -3.47. The van der Waals surface area contributed by atoms with E-state index in [1.807, 2.05) is 14.1 Å². The zero-order valence-electron chi connectivity index (χ0n) is 13.3. The summed E-state index contributed by atoms with van der Waals surface area (Å²) in [5.74, 6) is 0. The van der Waals surface area contributed by atoms with E-state index in [-0.39, 0.29) is 4.90 Å². The fourth-order valence-electron chi connectivity index (χ4n) is 1.80. The first-order valence-electron chi connectivity index (χ1n) is 7.27. The highest BCUT2D eigenvalue weighted by Crippen LogP contribution is 2.06. The Labute approximate surface area is 127 Å². The monoisotopic (exact) mass is 317 g/mol. The van der Waals surface area contributed by atoms with Gasteiger partial charge in [-0.2, -0.15) is 5.10 Å². The molecule has 0 radical (unpaired) electrons. The van der Waals surface area contributed by atoms with E-state index < -0.39 is 10.0 Å². The van der Waals surface area contributed by atoms with Crippen molar-refractivity contribution in [2.24, 2.45) is 0 Å². The van der Waals surface area contributed by atoms with Crippen molar-refractivity contribution >= 4 is 10.0 Å². The summed E-state index contributed by atoms with van der Waals surface area (Å²) in [6.45, 7) is 6.70. The van der Waals surface area contributed by atoms with Crippen LogP contribution in [0.4, 0.5) is 0 Å². The maximum atomic E-state index is 12.1. The van der Waals surface area contributed by atoms with Gasteiger partial charge in [0.15, 0.2) is 0 Å². The van der Waals surface area contributed by atoms with Crippen LogP contribution >= 0.6 is 0 Å². The van der Waals surface area contributed by atoms with Crippen LogP contribution in [0.5, 0.6) is 0 Å². The van der Waals surface area contributed by atoms with Crippen LogP contribution in [0.1, 0.15) is 20.3 Å². The Morgan fingerprint density at radius 2 is 2.14 bits per heavy atom. The highest BCUT2D eigenvalue weighted by molar-refractivity contribution is 7.89. The zero-order chi connectivity index (χ0) is 15.9. The number of nitrogens with zero attached hydrogens (tertiary/aromatic N) is 3. The Balaban J connectivity index is 2.51. The topological polar surface area (TPSA) is 79.3 Å². The Bertz CT molecular complexity index is 514. The second-order valence-corrected chi connectivity index (χ2v) is 6.95. The van der Waals surface area contributed by atoms with Gasteiger partial charge in [-0.05, 0) is 27.4 Å². The summed E-state index contributed by atoms with van der Waals surface area (Å²) in [6, 6.07) is 0.443. The number of nitrogens with one attached hydrogen (secondary N) is 2. The van der Waals surface area contributed by atoms with Crippen molar-refractivity contribution in [1.82, 2.24) is 24.7 Å². The summed E-state index contributed by atoms with van der Waals surface area (Å²) in [6.07, 6.45) is 3.98. The Morgan fingerprint density at radius 3 is 2.76 bits per heavy atom. The van der Waals surface area contributed by atoms with Crippen LogP contribution in [-0.2, 0) is 16.6 Å². The maximum Gasteiger partial charge on any atom is 0.243 e. The Kier molecular flexibility index (Phi) is 7.30. The van der Waals surface area contributed by atoms with E-state index in [9.17, 15) is 8.42 Å². The summed E-state index contributed by atoms with van der Waals surface area (Å²) in [4.78, 5) is 2.35. The third-order valence-corrected chi connectivity index (χ3v) is 5.03. The largest absolute Gasteiger partial charge is 0.318 e. The second kappa shape index (κ2) is 8.47. The first-order valence-corrected chi connectivity index (χ1v) is 8.76. The molecule has 0 fully saturated rings. The van der Waals surface area contributed by atoms with Crippen LogP contribution in [0.2, 0.25) is 0 Å². The molecular weight excluding hydrogens is 290 g/mol. The van der Waals surface area contributed by atoms with Crippen molar-refractivity contribution in [2.75, 3.05) is 33.7 Å². The summed E-state index contributed by atoms with van der Waals surface area (Å²) in [7, 11) is 0.369. The van der Waals surface area contributed by atoms with Crippen LogP contribution in [0, 0.1) is 0 Å². The van der Waals surface area contributed by atoms with E-state index in [1.54, 1.807) is 10.9 Å². The van der Waals surface area contributed by atoms with Gasteiger partial charge < -0.3 is 10.2 Å². The van der Waals surface area contributed by atoms with Gasteiger partial charge in [0.2, 0.25) is 10.0 Å². The van der Waals surface area contributed by atoms with Crippen LogP contribution in [0.3, 0.4) is 0 Å². The van der Waals surface area contributed by atoms with Gasteiger partial charge in [-0.3, -0.25) is 4.68 Å². The number of aromatic nitrogens is 2. The highest BCUT2D eigenvalue weighted by Gasteiger charge is 2.16. The van der Waals surface area contributed by atoms with Crippen LogP contribution in [0.25, 0.3) is 0 Å². The summed E-state index contributed by atoms with van der Waals surface area (Å²) >= 11 is 0. The lowest BCUT2D eigenvalue weighted by Gasteiger charge is -2.23. The normalized spacial score (nSPS) is 13.8. The second-order valence-electron chi connectivity index (χ2n) is 5.18. The first-order chi connectivity index (χ1) is 9.90. The predicted octanol–water partition coefficient (Wildman–Crippen LogP) is 0.111.